The van der Waals surface area contributed by atoms with Crippen LogP contribution in [0.3, 0.4) is 0 Å². The minimum atomic E-state index is -2.40. The first-order valence-corrected chi connectivity index (χ1v) is 10.8. The second kappa shape index (κ2) is 6.94. The molecule has 4 heterocycles. The van der Waals surface area contributed by atoms with E-state index >= 15 is 0 Å². The summed E-state index contributed by atoms with van der Waals surface area (Å²) < 4.78 is 19.3. The molecule has 1 saturated heterocycles. The number of H-pyrrole nitrogens is 1. The van der Waals surface area contributed by atoms with Crippen molar-refractivity contribution in [2.45, 2.75) is 12.8 Å². The Hall–Kier alpha value is -2.03. The number of hydrogen-bond acceptors (Lipinski definition) is 4. The van der Waals surface area contributed by atoms with Crippen LogP contribution in [0.1, 0.15) is 18.4 Å². The van der Waals surface area contributed by atoms with Gasteiger partial charge in [0.25, 0.3) is 0 Å². The molecule has 1 atom stereocenters. The summed E-state index contributed by atoms with van der Waals surface area (Å²) in [5, 5.41) is 4.05. The van der Waals surface area contributed by atoms with E-state index in [9.17, 15) is 13.9 Å². The summed E-state index contributed by atoms with van der Waals surface area (Å²) in [5.41, 5.74) is 3.27. The van der Waals surface area contributed by atoms with Crippen molar-refractivity contribution in [1.82, 2.24) is 20.2 Å². The lowest BCUT2D eigenvalue weighted by Crippen LogP contribution is -2.43. The maximum absolute atomic E-state index is 12.4. The summed E-state index contributed by atoms with van der Waals surface area (Å²) in [6, 6.07) is 3.91. The zero-order valence-corrected chi connectivity index (χ0v) is 15.3. The smallest absolute Gasteiger partial charge is 0.317 e. The first-order chi connectivity index (χ1) is 12.5. The van der Waals surface area contributed by atoms with Gasteiger partial charge in [-0.2, -0.15) is 10.6 Å². The number of nitrogens with one attached hydrogen (secondary N) is 2. The number of urea groups is 1. The molecule has 2 aliphatic heterocycles. The Bertz CT molecular complexity index is 848. The van der Waals surface area contributed by atoms with Gasteiger partial charge in [-0.15, -0.1) is 0 Å². The number of fused-ring (bicyclic) bond motifs is 1. The van der Waals surface area contributed by atoms with Gasteiger partial charge < -0.3 is 15.2 Å². The fourth-order valence-electron chi connectivity index (χ4n) is 3.72. The fraction of sp³-hybridized carbons (Fsp3) is 0.444. The van der Waals surface area contributed by atoms with Gasteiger partial charge in [0.05, 0.1) is 0 Å². The fourth-order valence-corrected chi connectivity index (χ4v) is 5.64. The standard InChI is InChI=1S/C18H24N4O3S/c23-18(21-10-13-5-9-26(24,25)12-13)22-7-3-14(4-8-22)16-11-20-17-15(16)2-1-6-19-17/h1-3,6,11,13,24-25H,4-5,7-10,12H2,(H,19,20)(H,21,23). The van der Waals surface area contributed by atoms with E-state index in [1.165, 1.54) is 5.57 Å². The maximum atomic E-state index is 12.4. The SMILES string of the molecule is O=C(NCC1CCS(O)(O)C1)N1CC=C(c2c[nH]c3ncccc23)CC1. The molecule has 0 aromatic carbocycles. The predicted octanol–water partition coefficient (Wildman–Crippen LogP) is 3.13. The van der Waals surface area contributed by atoms with E-state index < -0.39 is 10.6 Å². The highest BCUT2D eigenvalue weighted by Crippen LogP contribution is 2.48. The number of aromatic amines is 1. The molecule has 2 aromatic rings. The van der Waals surface area contributed by atoms with Crippen molar-refractivity contribution in [1.29, 1.82) is 0 Å². The molecule has 140 valence electrons. The lowest BCUT2D eigenvalue weighted by molar-refractivity contribution is 0.201. The normalized spacial score (nSPS) is 23.7. The molecule has 2 amide bonds. The molecule has 4 N–H and O–H groups in total. The van der Waals surface area contributed by atoms with E-state index in [0.717, 1.165) is 29.4 Å². The minimum absolute atomic E-state index is 0.0794. The molecular weight excluding hydrogens is 352 g/mol. The van der Waals surface area contributed by atoms with Gasteiger partial charge in [0.2, 0.25) is 0 Å². The van der Waals surface area contributed by atoms with E-state index in [1.807, 2.05) is 12.3 Å². The Kier molecular flexibility index (Phi) is 4.64. The van der Waals surface area contributed by atoms with Gasteiger partial charge in [0, 0.05) is 54.5 Å². The van der Waals surface area contributed by atoms with Crippen molar-refractivity contribution < 1.29 is 13.9 Å². The van der Waals surface area contributed by atoms with Gasteiger partial charge in [0.1, 0.15) is 5.65 Å². The van der Waals surface area contributed by atoms with Crippen molar-refractivity contribution in [3.63, 3.8) is 0 Å². The van der Waals surface area contributed by atoms with Gasteiger partial charge in [-0.25, -0.2) is 9.78 Å². The average molecular weight is 376 g/mol. The molecule has 2 aliphatic rings. The Morgan fingerprint density at radius 1 is 1.46 bits per heavy atom. The van der Waals surface area contributed by atoms with E-state index in [0.29, 0.717) is 31.1 Å². The number of hydrogen-bond donors (Lipinski definition) is 4. The summed E-state index contributed by atoms with van der Waals surface area (Å²) in [4.78, 5) is 21.7. The molecular formula is C18H24N4O3S. The number of amides is 2. The molecule has 0 saturated carbocycles. The van der Waals surface area contributed by atoms with Crippen LogP contribution < -0.4 is 5.32 Å². The molecule has 0 radical (unpaired) electrons. The van der Waals surface area contributed by atoms with Gasteiger partial charge in [-0.1, -0.05) is 6.08 Å². The Balaban J connectivity index is 1.34. The Morgan fingerprint density at radius 3 is 3.08 bits per heavy atom. The van der Waals surface area contributed by atoms with Crippen molar-refractivity contribution >= 4 is 33.2 Å². The molecule has 26 heavy (non-hydrogen) atoms. The van der Waals surface area contributed by atoms with E-state index in [1.54, 1.807) is 11.1 Å². The van der Waals surface area contributed by atoms with Crippen molar-refractivity contribution in [2.24, 2.45) is 5.92 Å². The molecule has 2 aromatic heterocycles. The molecule has 4 rings (SSSR count). The van der Waals surface area contributed by atoms with E-state index in [-0.39, 0.29) is 11.9 Å². The summed E-state index contributed by atoms with van der Waals surface area (Å²) in [5.74, 6) is 1.04. The van der Waals surface area contributed by atoms with Crippen LogP contribution >= 0.6 is 10.6 Å². The van der Waals surface area contributed by atoms with Crippen molar-refractivity contribution in [2.75, 3.05) is 31.1 Å². The summed E-state index contributed by atoms with van der Waals surface area (Å²) in [6.07, 6.45) is 7.43. The maximum Gasteiger partial charge on any atom is 0.317 e. The predicted molar refractivity (Wildman–Crippen MR) is 104 cm³/mol. The summed E-state index contributed by atoms with van der Waals surface area (Å²) in [6.45, 7) is 1.76. The molecule has 8 heteroatoms. The van der Waals surface area contributed by atoms with Crippen LogP contribution in [-0.2, 0) is 0 Å². The van der Waals surface area contributed by atoms with Crippen LogP contribution in [0.5, 0.6) is 0 Å². The van der Waals surface area contributed by atoms with Crippen LogP contribution in [0.25, 0.3) is 16.6 Å². The third kappa shape index (κ3) is 3.58. The Morgan fingerprint density at radius 2 is 2.35 bits per heavy atom. The lowest BCUT2D eigenvalue weighted by atomic mass is 10.00. The zero-order chi connectivity index (χ0) is 18.1. The third-order valence-corrected chi connectivity index (χ3v) is 7.09. The third-order valence-electron chi connectivity index (χ3n) is 5.19. The van der Waals surface area contributed by atoms with Gasteiger partial charge in [-0.05, 0) is 36.5 Å². The average Bonchev–Trinajstić information content (AvgIpc) is 3.23. The molecule has 1 fully saturated rings. The van der Waals surface area contributed by atoms with Crippen LogP contribution in [-0.4, -0.2) is 61.1 Å². The highest BCUT2D eigenvalue weighted by molar-refractivity contribution is 8.24. The van der Waals surface area contributed by atoms with Crippen LogP contribution in [0, 0.1) is 5.92 Å². The number of carbonyl (C=O) groups excluding carboxylic acids is 1. The first-order valence-electron chi connectivity index (χ1n) is 8.90. The number of pyridine rings is 1. The Labute approximate surface area is 153 Å². The van der Waals surface area contributed by atoms with Gasteiger partial charge in [0.15, 0.2) is 0 Å². The van der Waals surface area contributed by atoms with Crippen molar-refractivity contribution in [3.8, 4) is 0 Å². The molecule has 7 nitrogen and oxygen atoms in total. The first kappa shape index (κ1) is 17.4. The second-order valence-electron chi connectivity index (χ2n) is 7.04. The number of nitrogens with zero attached hydrogens (tertiary/aromatic N) is 2. The van der Waals surface area contributed by atoms with Crippen LogP contribution in [0.15, 0.2) is 30.6 Å². The largest absolute Gasteiger partial charge is 0.346 e. The van der Waals surface area contributed by atoms with Gasteiger partial charge >= 0.3 is 6.03 Å². The van der Waals surface area contributed by atoms with Crippen LogP contribution in [0.2, 0.25) is 0 Å². The topological polar surface area (TPSA) is 101 Å². The molecule has 0 aliphatic carbocycles. The monoisotopic (exact) mass is 376 g/mol. The zero-order valence-electron chi connectivity index (χ0n) is 14.5. The lowest BCUT2D eigenvalue weighted by Gasteiger charge is -2.28. The molecule has 1 unspecified atom stereocenters. The molecule has 0 bridgehead atoms. The van der Waals surface area contributed by atoms with Crippen LogP contribution in [0.4, 0.5) is 4.79 Å². The van der Waals surface area contributed by atoms with Crippen molar-refractivity contribution in [3.05, 3.63) is 36.2 Å². The quantitative estimate of drug-likeness (QED) is 0.661. The van der Waals surface area contributed by atoms with Gasteiger partial charge in [-0.3, -0.25) is 9.11 Å². The summed E-state index contributed by atoms with van der Waals surface area (Å²) >= 11 is 0. The highest BCUT2D eigenvalue weighted by atomic mass is 32.3. The van der Waals surface area contributed by atoms with E-state index in [4.69, 9.17) is 0 Å². The minimum Gasteiger partial charge on any atom is -0.346 e. The summed E-state index contributed by atoms with van der Waals surface area (Å²) in [7, 11) is -2.40. The second-order valence-corrected chi connectivity index (χ2v) is 9.39. The molecule has 0 spiro atoms. The van der Waals surface area contributed by atoms with E-state index in [2.05, 4.69) is 27.4 Å². The number of aromatic nitrogens is 2. The highest BCUT2D eigenvalue weighted by Gasteiger charge is 2.29. The number of rotatable bonds is 3. The number of carbonyl (C=O) groups is 1.